The summed E-state index contributed by atoms with van der Waals surface area (Å²) in [5.74, 6) is -0.453. The molecular weight excluding hydrogens is 245 g/mol. The number of phenols is 1. The summed E-state index contributed by atoms with van der Waals surface area (Å²) in [6, 6.07) is 1.92. The van der Waals surface area contributed by atoms with Gasteiger partial charge in [-0.15, -0.1) is 12.4 Å². The molecule has 17 heavy (non-hydrogen) atoms. The lowest BCUT2D eigenvalue weighted by Crippen LogP contribution is -2.26. The molecule has 0 aliphatic heterocycles. The second-order valence-electron chi connectivity index (χ2n) is 4.89. The molecule has 0 saturated heterocycles. The van der Waals surface area contributed by atoms with Crippen LogP contribution in [0, 0.1) is 11.2 Å². The van der Waals surface area contributed by atoms with Gasteiger partial charge in [0.2, 0.25) is 0 Å². The minimum Gasteiger partial charge on any atom is -0.504 e. The Bertz CT molecular complexity index is 391. The van der Waals surface area contributed by atoms with Crippen LogP contribution in [-0.2, 0) is 0 Å². The van der Waals surface area contributed by atoms with Crippen molar-refractivity contribution in [2.45, 2.75) is 26.8 Å². The Hall–Kier alpha value is -1.00. The normalized spacial score (nSPS) is 12.8. The Morgan fingerprint density at radius 3 is 2.29 bits per heavy atom. The van der Waals surface area contributed by atoms with E-state index in [4.69, 9.17) is 10.5 Å². The Morgan fingerprint density at radius 2 is 1.88 bits per heavy atom. The molecule has 0 aliphatic rings. The summed E-state index contributed by atoms with van der Waals surface area (Å²) in [5, 5.41) is 9.88. The van der Waals surface area contributed by atoms with Crippen molar-refractivity contribution in [1.82, 2.24) is 0 Å². The number of hydrogen-bond donors (Lipinski definition) is 2. The Balaban J connectivity index is 0.00000256. The molecule has 5 heteroatoms. The molecule has 0 radical (unpaired) electrons. The first-order valence-corrected chi connectivity index (χ1v) is 5.09. The van der Waals surface area contributed by atoms with Crippen molar-refractivity contribution in [1.29, 1.82) is 0 Å². The van der Waals surface area contributed by atoms with Crippen LogP contribution in [0.4, 0.5) is 4.39 Å². The van der Waals surface area contributed by atoms with Crippen LogP contribution in [0.25, 0.3) is 0 Å². The van der Waals surface area contributed by atoms with E-state index in [1.165, 1.54) is 13.2 Å². The van der Waals surface area contributed by atoms with Crippen LogP contribution in [0.2, 0.25) is 0 Å². The molecule has 0 aromatic heterocycles. The number of nitrogens with two attached hydrogens (primary N) is 1. The van der Waals surface area contributed by atoms with Gasteiger partial charge < -0.3 is 15.6 Å². The van der Waals surface area contributed by atoms with Crippen LogP contribution >= 0.6 is 12.4 Å². The predicted octanol–water partition coefficient (Wildman–Crippen LogP) is 3.01. The third-order valence-electron chi connectivity index (χ3n) is 2.56. The van der Waals surface area contributed by atoms with E-state index < -0.39 is 11.9 Å². The average molecular weight is 264 g/mol. The van der Waals surface area contributed by atoms with Crippen LogP contribution in [0.15, 0.2) is 12.1 Å². The summed E-state index contributed by atoms with van der Waals surface area (Å²) in [7, 11) is 1.38. The number of methoxy groups -OCH3 is 1. The van der Waals surface area contributed by atoms with E-state index in [9.17, 15) is 9.50 Å². The van der Waals surface area contributed by atoms with Crippen LogP contribution in [0.5, 0.6) is 11.5 Å². The highest BCUT2D eigenvalue weighted by molar-refractivity contribution is 5.85. The van der Waals surface area contributed by atoms with E-state index >= 15 is 0 Å². The quantitative estimate of drug-likeness (QED) is 0.862. The fraction of sp³-hybridized carbons (Fsp3) is 0.500. The number of hydrogen-bond acceptors (Lipinski definition) is 3. The molecule has 0 aliphatic carbocycles. The second kappa shape index (κ2) is 5.56. The average Bonchev–Trinajstić information content (AvgIpc) is 2.18. The molecule has 0 unspecified atom stereocenters. The zero-order valence-corrected chi connectivity index (χ0v) is 11.3. The van der Waals surface area contributed by atoms with Gasteiger partial charge in [0.25, 0.3) is 0 Å². The van der Waals surface area contributed by atoms with Crippen molar-refractivity contribution in [2.75, 3.05) is 7.11 Å². The van der Waals surface area contributed by atoms with Crippen molar-refractivity contribution in [3.05, 3.63) is 23.5 Å². The van der Waals surface area contributed by atoms with Crippen molar-refractivity contribution < 1.29 is 14.2 Å². The van der Waals surface area contributed by atoms with Crippen LogP contribution in [0.1, 0.15) is 32.4 Å². The van der Waals surface area contributed by atoms with Crippen LogP contribution in [-0.4, -0.2) is 12.2 Å². The standard InChI is InChI=1S/C12H18FNO2.ClH/c1-12(2,3)11(14)8-5-7(13)6-9(16-4)10(8)15;/h5-6,11,15H,14H2,1-4H3;1H/t11-;/m1./s1. The van der Waals surface area contributed by atoms with Crippen molar-refractivity contribution in [3.8, 4) is 11.5 Å². The molecule has 0 saturated carbocycles. The van der Waals surface area contributed by atoms with Gasteiger partial charge in [-0.05, 0) is 11.5 Å². The fourth-order valence-corrected chi connectivity index (χ4v) is 1.45. The summed E-state index contributed by atoms with van der Waals surface area (Å²) in [6.07, 6.45) is 0. The highest BCUT2D eigenvalue weighted by Gasteiger charge is 2.26. The highest BCUT2D eigenvalue weighted by atomic mass is 35.5. The summed E-state index contributed by atoms with van der Waals surface area (Å²) in [6.45, 7) is 5.78. The van der Waals surface area contributed by atoms with E-state index in [0.29, 0.717) is 5.56 Å². The molecule has 1 aromatic rings. The molecule has 3 N–H and O–H groups in total. The second-order valence-corrected chi connectivity index (χ2v) is 4.89. The molecule has 1 atom stereocenters. The molecule has 0 amide bonds. The molecule has 0 spiro atoms. The van der Waals surface area contributed by atoms with Gasteiger partial charge in [-0.1, -0.05) is 20.8 Å². The van der Waals surface area contributed by atoms with Crippen LogP contribution < -0.4 is 10.5 Å². The number of benzene rings is 1. The third-order valence-corrected chi connectivity index (χ3v) is 2.56. The topological polar surface area (TPSA) is 55.5 Å². The zero-order chi connectivity index (χ0) is 12.5. The summed E-state index contributed by atoms with van der Waals surface area (Å²) in [4.78, 5) is 0. The number of rotatable bonds is 2. The lowest BCUT2D eigenvalue weighted by molar-refractivity contribution is 0.309. The molecule has 0 fully saturated rings. The maximum Gasteiger partial charge on any atom is 0.163 e. The lowest BCUT2D eigenvalue weighted by atomic mass is 9.82. The molecule has 0 heterocycles. The number of halogens is 2. The number of phenolic OH excluding ortho intramolecular Hbond substituents is 1. The molecule has 1 aromatic carbocycles. The van der Waals surface area contributed by atoms with E-state index in [1.807, 2.05) is 20.8 Å². The fourth-order valence-electron chi connectivity index (χ4n) is 1.45. The lowest BCUT2D eigenvalue weighted by Gasteiger charge is -2.28. The molecule has 98 valence electrons. The smallest absolute Gasteiger partial charge is 0.163 e. The SMILES string of the molecule is COc1cc(F)cc([C@@H](N)C(C)(C)C)c1O.Cl. The van der Waals surface area contributed by atoms with Gasteiger partial charge in [-0.25, -0.2) is 4.39 Å². The summed E-state index contributed by atoms with van der Waals surface area (Å²) < 4.78 is 18.2. The third kappa shape index (κ3) is 3.48. The van der Waals surface area contributed by atoms with Gasteiger partial charge in [-0.2, -0.15) is 0 Å². The van der Waals surface area contributed by atoms with E-state index in [2.05, 4.69) is 0 Å². The van der Waals surface area contributed by atoms with Crippen molar-refractivity contribution >= 4 is 12.4 Å². The van der Waals surface area contributed by atoms with Gasteiger partial charge in [0.1, 0.15) is 5.82 Å². The van der Waals surface area contributed by atoms with Gasteiger partial charge in [-0.3, -0.25) is 0 Å². The Labute approximate surface area is 107 Å². The summed E-state index contributed by atoms with van der Waals surface area (Å²) >= 11 is 0. The van der Waals surface area contributed by atoms with Gasteiger partial charge >= 0.3 is 0 Å². The van der Waals surface area contributed by atoms with Gasteiger partial charge in [0.15, 0.2) is 11.5 Å². The predicted molar refractivity (Wildman–Crippen MR) is 68.2 cm³/mol. The number of ether oxygens (including phenoxy) is 1. The Kier molecular flexibility index (Phi) is 5.23. The first-order valence-electron chi connectivity index (χ1n) is 5.09. The zero-order valence-electron chi connectivity index (χ0n) is 10.5. The van der Waals surface area contributed by atoms with Crippen molar-refractivity contribution in [2.24, 2.45) is 11.1 Å². The van der Waals surface area contributed by atoms with Crippen molar-refractivity contribution in [3.63, 3.8) is 0 Å². The largest absolute Gasteiger partial charge is 0.504 e. The summed E-state index contributed by atoms with van der Waals surface area (Å²) in [5.41, 5.74) is 6.08. The molecular formula is C12H19ClFNO2. The molecule has 3 nitrogen and oxygen atoms in total. The van der Waals surface area contributed by atoms with Crippen LogP contribution in [0.3, 0.4) is 0 Å². The van der Waals surface area contributed by atoms with E-state index in [0.717, 1.165) is 6.07 Å². The minimum absolute atomic E-state index is 0. The highest BCUT2D eigenvalue weighted by Crippen LogP contribution is 2.40. The number of aromatic hydroxyl groups is 1. The van der Waals surface area contributed by atoms with E-state index in [-0.39, 0.29) is 29.3 Å². The molecule has 0 bridgehead atoms. The first kappa shape index (κ1) is 16.0. The van der Waals surface area contributed by atoms with Gasteiger partial charge in [0.05, 0.1) is 7.11 Å². The first-order chi connectivity index (χ1) is 7.27. The Morgan fingerprint density at radius 1 is 1.35 bits per heavy atom. The van der Waals surface area contributed by atoms with E-state index in [1.54, 1.807) is 0 Å². The van der Waals surface area contributed by atoms with Gasteiger partial charge in [0, 0.05) is 17.7 Å². The maximum absolute atomic E-state index is 13.3. The molecule has 1 rings (SSSR count). The maximum atomic E-state index is 13.3. The monoisotopic (exact) mass is 263 g/mol. The minimum atomic E-state index is -0.468.